The molecule has 140 valence electrons. The third-order valence-electron chi connectivity index (χ3n) is 5.93. The number of amides is 2. The second kappa shape index (κ2) is 6.99. The molecule has 3 aliphatic rings. The summed E-state index contributed by atoms with van der Waals surface area (Å²) >= 11 is 0. The van der Waals surface area contributed by atoms with Gasteiger partial charge < -0.3 is 5.32 Å². The van der Waals surface area contributed by atoms with Crippen molar-refractivity contribution in [1.82, 2.24) is 10.6 Å². The molecule has 1 aromatic carbocycles. The molecular formula is C20H27FN4O. The molecule has 1 saturated carbocycles. The Kier molecular flexibility index (Phi) is 4.69. The molecule has 0 aromatic heterocycles. The molecule has 2 aliphatic heterocycles. The van der Waals surface area contributed by atoms with Crippen LogP contribution in [0.1, 0.15) is 51.9 Å². The number of carbonyl (C=O) groups excluding carboxylic acids is 1. The van der Waals surface area contributed by atoms with Crippen molar-refractivity contribution in [2.75, 3.05) is 11.4 Å². The molecule has 2 N–H and O–H groups in total. The molecule has 1 aromatic rings. The van der Waals surface area contributed by atoms with Gasteiger partial charge in [0.15, 0.2) is 0 Å². The van der Waals surface area contributed by atoms with E-state index in [9.17, 15) is 9.18 Å². The van der Waals surface area contributed by atoms with E-state index in [0.717, 1.165) is 38.1 Å². The molecule has 26 heavy (non-hydrogen) atoms. The number of urea groups is 1. The van der Waals surface area contributed by atoms with Crippen LogP contribution in [0.4, 0.5) is 14.9 Å². The topological polar surface area (TPSA) is 56.7 Å². The molecule has 2 amide bonds. The first-order valence-corrected chi connectivity index (χ1v) is 9.77. The number of hydrogen-bond acceptors (Lipinski definition) is 3. The standard InChI is InChI=1S/C20H27FN4O/c1-14-13-20(10-11-22-14)18(23-16-7-3-2-4-8-16)24-19(26)25(20)17-9-5-6-15(21)12-17/h5-6,9,12,14,16,22H,2-4,7-8,10-11,13H2,1H3,(H,23,24,26)/t14?,20-/m1/s1. The average Bonchev–Trinajstić information content (AvgIpc) is 2.86. The highest BCUT2D eigenvalue weighted by Crippen LogP contribution is 2.38. The number of nitrogens with one attached hydrogen (secondary N) is 2. The fourth-order valence-electron chi connectivity index (χ4n) is 4.72. The number of amidine groups is 1. The van der Waals surface area contributed by atoms with Crippen molar-refractivity contribution in [1.29, 1.82) is 0 Å². The monoisotopic (exact) mass is 358 g/mol. The first-order chi connectivity index (χ1) is 12.6. The lowest BCUT2D eigenvalue weighted by Crippen LogP contribution is -2.58. The number of aliphatic imine (C=N–C) groups is 1. The third kappa shape index (κ3) is 3.11. The second-order valence-corrected chi connectivity index (χ2v) is 7.86. The van der Waals surface area contributed by atoms with Crippen LogP contribution in [0.2, 0.25) is 0 Å². The van der Waals surface area contributed by atoms with Gasteiger partial charge in [0.2, 0.25) is 0 Å². The van der Waals surface area contributed by atoms with Gasteiger partial charge in [0.05, 0.1) is 6.04 Å². The van der Waals surface area contributed by atoms with Gasteiger partial charge in [-0.3, -0.25) is 15.2 Å². The van der Waals surface area contributed by atoms with Gasteiger partial charge in [0, 0.05) is 11.7 Å². The highest BCUT2D eigenvalue weighted by atomic mass is 19.1. The van der Waals surface area contributed by atoms with E-state index in [0.29, 0.717) is 5.69 Å². The fraction of sp³-hybridized carbons (Fsp3) is 0.600. The zero-order valence-electron chi connectivity index (χ0n) is 15.3. The summed E-state index contributed by atoms with van der Waals surface area (Å²) in [5.74, 6) is 0.456. The van der Waals surface area contributed by atoms with Crippen LogP contribution in [0.3, 0.4) is 0 Å². The van der Waals surface area contributed by atoms with Crippen LogP contribution >= 0.6 is 0 Å². The van der Waals surface area contributed by atoms with E-state index in [-0.39, 0.29) is 23.9 Å². The summed E-state index contributed by atoms with van der Waals surface area (Å²) in [6.45, 7) is 2.94. The number of carbonyl (C=O) groups is 1. The SMILES string of the molecule is CC1C[C@]2(CCN1)C(=NC1CCCCC1)NC(=O)N2c1cccc(F)c1. The Bertz CT molecular complexity index is 716. The van der Waals surface area contributed by atoms with Crippen LogP contribution in [0.5, 0.6) is 0 Å². The van der Waals surface area contributed by atoms with E-state index in [1.165, 1.54) is 31.4 Å². The number of piperidine rings is 1. The number of halogens is 1. The summed E-state index contributed by atoms with van der Waals surface area (Å²) in [5.41, 5.74) is 0.0953. The van der Waals surface area contributed by atoms with Gasteiger partial charge in [-0.15, -0.1) is 0 Å². The first kappa shape index (κ1) is 17.5. The molecule has 5 nitrogen and oxygen atoms in total. The maximum atomic E-state index is 13.8. The van der Waals surface area contributed by atoms with E-state index in [1.807, 2.05) is 0 Å². The summed E-state index contributed by atoms with van der Waals surface area (Å²) < 4.78 is 13.8. The van der Waals surface area contributed by atoms with Gasteiger partial charge in [0.1, 0.15) is 17.2 Å². The van der Waals surface area contributed by atoms with Crippen LogP contribution in [-0.4, -0.2) is 36.0 Å². The summed E-state index contributed by atoms with van der Waals surface area (Å²) in [5, 5.41) is 6.50. The quantitative estimate of drug-likeness (QED) is 0.849. The van der Waals surface area contributed by atoms with Gasteiger partial charge in [-0.25, -0.2) is 9.18 Å². The smallest absolute Gasteiger partial charge is 0.314 e. The number of nitrogens with zero attached hydrogens (tertiary/aromatic N) is 2. The van der Waals surface area contributed by atoms with E-state index < -0.39 is 5.54 Å². The van der Waals surface area contributed by atoms with Crippen LogP contribution < -0.4 is 15.5 Å². The number of hydrogen-bond donors (Lipinski definition) is 2. The predicted octanol–water partition coefficient (Wildman–Crippen LogP) is 3.60. The molecule has 2 atom stereocenters. The second-order valence-electron chi connectivity index (χ2n) is 7.86. The van der Waals surface area contributed by atoms with Gasteiger partial charge in [-0.05, 0) is 57.4 Å². The van der Waals surface area contributed by atoms with Crippen molar-refractivity contribution >= 4 is 17.6 Å². The van der Waals surface area contributed by atoms with Crippen LogP contribution in [0.15, 0.2) is 29.3 Å². The van der Waals surface area contributed by atoms with Gasteiger partial charge in [-0.1, -0.05) is 25.3 Å². The third-order valence-corrected chi connectivity index (χ3v) is 5.93. The number of benzene rings is 1. The average molecular weight is 358 g/mol. The maximum absolute atomic E-state index is 13.8. The molecule has 6 heteroatoms. The normalized spacial score (nSPS) is 31.6. The Morgan fingerprint density at radius 1 is 1.27 bits per heavy atom. The van der Waals surface area contributed by atoms with E-state index in [1.54, 1.807) is 17.0 Å². The fourth-order valence-corrected chi connectivity index (χ4v) is 4.72. The minimum atomic E-state index is -0.507. The van der Waals surface area contributed by atoms with E-state index in [2.05, 4.69) is 17.6 Å². The minimum absolute atomic E-state index is 0.195. The van der Waals surface area contributed by atoms with Crippen LogP contribution in [0, 0.1) is 5.82 Å². The Hall–Kier alpha value is -1.95. The van der Waals surface area contributed by atoms with E-state index in [4.69, 9.17) is 4.99 Å². The molecule has 0 bridgehead atoms. The Labute approximate surface area is 154 Å². The highest BCUT2D eigenvalue weighted by Gasteiger charge is 2.53. The van der Waals surface area contributed by atoms with Crippen LogP contribution in [0.25, 0.3) is 0 Å². The molecule has 1 aliphatic carbocycles. The molecule has 2 heterocycles. The molecule has 2 saturated heterocycles. The summed E-state index contributed by atoms with van der Waals surface area (Å²) in [6.07, 6.45) is 7.40. The Balaban J connectivity index is 1.75. The summed E-state index contributed by atoms with van der Waals surface area (Å²) in [6, 6.07) is 6.67. The van der Waals surface area contributed by atoms with Crippen molar-refractivity contribution in [2.24, 2.45) is 4.99 Å². The Morgan fingerprint density at radius 2 is 2.08 bits per heavy atom. The molecule has 1 unspecified atom stereocenters. The lowest BCUT2D eigenvalue weighted by atomic mass is 9.82. The highest BCUT2D eigenvalue weighted by molar-refractivity contribution is 6.19. The first-order valence-electron chi connectivity index (χ1n) is 9.77. The molecule has 3 fully saturated rings. The largest absolute Gasteiger partial charge is 0.328 e. The van der Waals surface area contributed by atoms with Crippen molar-refractivity contribution in [3.05, 3.63) is 30.1 Å². The lowest BCUT2D eigenvalue weighted by Gasteiger charge is -2.43. The number of rotatable bonds is 2. The van der Waals surface area contributed by atoms with Crippen molar-refractivity contribution in [3.63, 3.8) is 0 Å². The predicted molar refractivity (Wildman–Crippen MR) is 101 cm³/mol. The summed E-state index contributed by atoms with van der Waals surface area (Å²) in [4.78, 5) is 19.7. The van der Waals surface area contributed by atoms with Crippen LogP contribution in [-0.2, 0) is 0 Å². The van der Waals surface area contributed by atoms with Crippen molar-refractivity contribution in [3.8, 4) is 0 Å². The summed E-state index contributed by atoms with van der Waals surface area (Å²) in [7, 11) is 0. The Morgan fingerprint density at radius 3 is 2.81 bits per heavy atom. The lowest BCUT2D eigenvalue weighted by molar-refractivity contribution is 0.246. The molecular weight excluding hydrogens is 331 g/mol. The number of anilines is 1. The van der Waals surface area contributed by atoms with Crippen molar-refractivity contribution < 1.29 is 9.18 Å². The maximum Gasteiger partial charge on any atom is 0.328 e. The molecule has 0 radical (unpaired) electrons. The van der Waals surface area contributed by atoms with Gasteiger partial charge in [-0.2, -0.15) is 0 Å². The van der Waals surface area contributed by atoms with Gasteiger partial charge in [0.25, 0.3) is 0 Å². The van der Waals surface area contributed by atoms with E-state index >= 15 is 0 Å². The minimum Gasteiger partial charge on any atom is -0.314 e. The zero-order chi connectivity index (χ0) is 18.1. The van der Waals surface area contributed by atoms with Crippen molar-refractivity contribution in [2.45, 2.75) is 69.5 Å². The molecule has 1 spiro atoms. The van der Waals surface area contributed by atoms with Gasteiger partial charge >= 0.3 is 6.03 Å². The molecule has 4 rings (SSSR count). The zero-order valence-corrected chi connectivity index (χ0v) is 15.3.